The van der Waals surface area contributed by atoms with Crippen LogP contribution in [-0.2, 0) is 0 Å². The van der Waals surface area contributed by atoms with Crippen molar-refractivity contribution in [3.8, 4) is 0 Å². The third kappa shape index (κ3) is 1.11. The molecule has 0 saturated heterocycles. The molecule has 70 valence electrons. The van der Waals surface area contributed by atoms with E-state index in [0.29, 0.717) is 0 Å². The fourth-order valence-electron chi connectivity index (χ4n) is 3.61. The van der Waals surface area contributed by atoms with E-state index >= 15 is 0 Å². The Morgan fingerprint density at radius 1 is 1.42 bits per heavy atom. The monoisotopic (exact) mass is 166 g/mol. The highest BCUT2D eigenvalue weighted by Gasteiger charge is 2.52. The Morgan fingerprint density at radius 3 is 2.83 bits per heavy atom. The maximum atomic E-state index is 2.50. The van der Waals surface area contributed by atoms with Crippen molar-refractivity contribution in [2.75, 3.05) is 0 Å². The minimum atomic E-state index is 0.832. The summed E-state index contributed by atoms with van der Waals surface area (Å²) in [6, 6.07) is 0. The lowest BCUT2D eigenvalue weighted by atomic mass is 9.46. The summed E-state index contributed by atoms with van der Waals surface area (Å²) >= 11 is 0. The molecular formula is C12H22. The van der Waals surface area contributed by atoms with Crippen molar-refractivity contribution in [3.63, 3.8) is 0 Å². The Hall–Kier alpha value is 0. The highest BCUT2D eigenvalue weighted by Crippen LogP contribution is 2.62. The summed E-state index contributed by atoms with van der Waals surface area (Å²) in [5, 5.41) is 0. The molecule has 0 N–H and O–H groups in total. The fraction of sp³-hybridized carbons (Fsp3) is 1.00. The van der Waals surface area contributed by atoms with Gasteiger partial charge in [0.25, 0.3) is 0 Å². The van der Waals surface area contributed by atoms with Crippen molar-refractivity contribution >= 4 is 0 Å². The van der Waals surface area contributed by atoms with Crippen molar-refractivity contribution in [3.05, 3.63) is 0 Å². The average molecular weight is 166 g/mol. The minimum absolute atomic E-state index is 0.832. The number of hydrogen-bond donors (Lipinski definition) is 0. The van der Waals surface area contributed by atoms with Gasteiger partial charge >= 0.3 is 0 Å². The summed E-state index contributed by atoms with van der Waals surface area (Å²) < 4.78 is 0. The number of unbranched alkanes of at least 4 members (excludes halogenated alkanes) is 1. The Bertz CT molecular complexity index is 157. The van der Waals surface area contributed by atoms with Gasteiger partial charge in [-0.2, -0.15) is 0 Å². The van der Waals surface area contributed by atoms with Crippen molar-refractivity contribution in [2.24, 2.45) is 17.3 Å². The van der Waals surface area contributed by atoms with Crippen molar-refractivity contribution in [1.29, 1.82) is 0 Å². The number of rotatable bonds is 3. The molecule has 0 aromatic heterocycles. The second-order valence-corrected chi connectivity index (χ2v) is 5.11. The Kier molecular flexibility index (Phi) is 2.18. The normalized spacial score (nSPS) is 45.5. The van der Waals surface area contributed by atoms with E-state index in [1.54, 1.807) is 12.8 Å². The lowest BCUT2D eigenvalue weighted by molar-refractivity contribution is -0.0873. The van der Waals surface area contributed by atoms with Gasteiger partial charge in [-0.05, 0) is 36.5 Å². The first kappa shape index (κ1) is 8.59. The van der Waals surface area contributed by atoms with E-state index in [2.05, 4.69) is 13.8 Å². The van der Waals surface area contributed by atoms with Gasteiger partial charge in [0.05, 0.1) is 0 Å². The lowest BCUT2D eigenvalue weighted by Crippen LogP contribution is -2.49. The molecule has 3 aliphatic rings. The van der Waals surface area contributed by atoms with Gasteiger partial charge in [-0.25, -0.2) is 0 Å². The van der Waals surface area contributed by atoms with Crippen LogP contribution in [0.4, 0.5) is 0 Å². The molecule has 0 aromatic rings. The van der Waals surface area contributed by atoms with E-state index in [1.807, 2.05) is 0 Å². The summed E-state index contributed by atoms with van der Waals surface area (Å²) in [6.07, 6.45) is 10.6. The quantitative estimate of drug-likeness (QED) is 0.594. The Morgan fingerprint density at radius 2 is 2.25 bits per heavy atom. The molecule has 0 amide bonds. The van der Waals surface area contributed by atoms with Crippen molar-refractivity contribution < 1.29 is 0 Å². The third-order valence-corrected chi connectivity index (χ3v) is 4.62. The first-order valence-electron chi connectivity index (χ1n) is 5.78. The highest BCUT2D eigenvalue weighted by molar-refractivity contribution is 5.02. The molecular weight excluding hydrogens is 144 g/mol. The molecule has 0 spiro atoms. The SMILES string of the molecule is CCCCC12CCCC(C1)C2C. The first-order chi connectivity index (χ1) is 5.78. The van der Waals surface area contributed by atoms with Crippen molar-refractivity contribution in [1.82, 2.24) is 0 Å². The zero-order chi connectivity index (χ0) is 8.60. The van der Waals surface area contributed by atoms with E-state index in [-0.39, 0.29) is 0 Å². The van der Waals surface area contributed by atoms with Crippen LogP contribution in [0.1, 0.15) is 58.8 Å². The summed E-state index contributed by atoms with van der Waals surface area (Å²) in [5.74, 6) is 2.19. The lowest BCUT2D eigenvalue weighted by Gasteiger charge is -2.59. The largest absolute Gasteiger partial charge is 0.0654 e. The summed E-state index contributed by atoms with van der Waals surface area (Å²) in [4.78, 5) is 0. The van der Waals surface area contributed by atoms with Gasteiger partial charge in [-0.3, -0.25) is 0 Å². The molecule has 0 radical (unpaired) electrons. The molecule has 3 atom stereocenters. The van der Waals surface area contributed by atoms with Crippen LogP contribution >= 0.6 is 0 Å². The van der Waals surface area contributed by atoms with E-state index in [9.17, 15) is 0 Å². The maximum Gasteiger partial charge on any atom is -0.0266 e. The average Bonchev–Trinajstić information content (AvgIpc) is 2.14. The fourth-order valence-corrected chi connectivity index (χ4v) is 3.61. The second-order valence-electron chi connectivity index (χ2n) is 5.11. The van der Waals surface area contributed by atoms with E-state index in [4.69, 9.17) is 0 Å². The van der Waals surface area contributed by atoms with Crippen LogP contribution in [0, 0.1) is 17.3 Å². The third-order valence-electron chi connectivity index (χ3n) is 4.62. The van der Waals surface area contributed by atoms with Gasteiger partial charge in [0.1, 0.15) is 0 Å². The molecule has 12 heavy (non-hydrogen) atoms. The topological polar surface area (TPSA) is 0 Å². The van der Waals surface area contributed by atoms with Crippen LogP contribution < -0.4 is 0 Å². The van der Waals surface area contributed by atoms with Gasteiger partial charge in [0, 0.05) is 0 Å². The van der Waals surface area contributed by atoms with Crippen LogP contribution in [-0.4, -0.2) is 0 Å². The van der Waals surface area contributed by atoms with Crippen LogP contribution in [0.2, 0.25) is 0 Å². The molecule has 0 heteroatoms. The highest BCUT2D eigenvalue weighted by atomic mass is 14.6. The molecule has 2 bridgehead atoms. The Labute approximate surface area is 76.7 Å². The van der Waals surface area contributed by atoms with Gasteiger partial charge in [-0.1, -0.05) is 39.5 Å². The van der Waals surface area contributed by atoms with Crippen LogP contribution in [0.15, 0.2) is 0 Å². The standard InChI is InChI=1S/C12H22/c1-3-4-7-12-8-5-6-11(9-12)10(12)2/h10-11H,3-9H2,1-2H3. The van der Waals surface area contributed by atoms with Crippen molar-refractivity contribution in [2.45, 2.75) is 58.8 Å². The predicted molar refractivity (Wildman–Crippen MR) is 53.1 cm³/mol. The van der Waals surface area contributed by atoms with Gasteiger partial charge in [0.15, 0.2) is 0 Å². The minimum Gasteiger partial charge on any atom is -0.0654 e. The Balaban J connectivity index is 1.92. The van der Waals surface area contributed by atoms with Gasteiger partial charge in [-0.15, -0.1) is 0 Å². The smallest absolute Gasteiger partial charge is 0.0266 e. The van der Waals surface area contributed by atoms with E-state index < -0.39 is 0 Å². The first-order valence-corrected chi connectivity index (χ1v) is 5.78. The summed E-state index contributed by atoms with van der Waals surface area (Å²) in [5.41, 5.74) is 0.832. The van der Waals surface area contributed by atoms with E-state index in [1.165, 1.54) is 32.1 Å². The zero-order valence-electron chi connectivity index (χ0n) is 8.60. The molecule has 0 heterocycles. The number of fused-ring (bicyclic) bond motifs is 2. The summed E-state index contributed by atoms with van der Waals surface area (Å²) in [6.45, 7) is 4.82. The van der Waals surface area contributed by atoms with Crippen LogP contribution in [0.25, 0.3) is 0 Å². The maximum absolute atomic E-state index is 2.50. The molecule has 3 unspecified atom stereocenters. The summed E-state index contributed by atoms with van der Waals surface area (Å²) in [7, 11) is 0. The molecule has 3 rings (SSSR count). The molecule has 0 aliphatic heterocycles. The van der Waals surface area contributed by atoms with Gasteiger partial charge in [0.2, 0.25) is 0 Å². The molecule has 0 nitrogen and oxygen atoms in total. The molecule has 3 aliphatic carbocycles. The molecule has 3 saturated carbocycles. The zero-order valence-corrected chi connectivity index (χ0v) is 8.60. The van der Waals surface area contributed by atoms with E-state index in [0.717, 1.165) is 17.3 Å². The number of hydrogen-bond acceptors (Lipinski definition) is 0. The van der Waals surface area contributed by atoms with Gasteiger partial charge < -0.3 is 0 Å². The van der Waals surface area contributed by atoms with Crippen LogP contribution in [0.3, 0.4) is 0 Å². The molecule has 0 aromatic carbocycles. The molecule has 3 fully saturated rings. The second kappa shape index (κ2) is 3.05. The predicted octanol–water partition coefficient (Wildman–Crippen LogP) is 4.00. The van der Waals surface area contributed by atoms with Crippen LogP contribution in [0.5, 0.6) is 0 Å².